The number of rotatable bonds is 8. The van der Waals surface area contributed by atoms with Crippen LogP contribution in [0.2, 0.25) is 0 Å². The zero-order valence-corrected chi connectivity index (χ0v) is 14.8. The average Bonchev–Trinajstić information content (AvgIpc) is 3.23. The summed E-state index contributed by atoms with van der Waals surface area (Å²) in [5, 5.41) is 6.16. The summed E-state index contributed by atoms with van der Waals surface area (Å²) in [6, 6.07) is 0.105. The fraction of sp³-hybridized carbons (Fsp3) is 0.929. The molecule has 1 saturated heterocycles. The highest BCUT2D eigenvalue weighted by Gasteiger charge is 2.28. The van der Waals surface area contributed by atoms with Gasteiger partial charge in [0.1, 0.15) is 0 Å². The first-order valence-electron chi connectivity index (χ1n) is 7.99. The van der Waals surface area contributed by atoms with E-state index in [1.165, 1.54) is 12.8 Å². The Bertz CT molecular complexity index is 446. The van der Waals surface area contributed by atoms with Crippen molar-refractivity contribution in [3.05, 3.63) is 0 Å². The minimum atomic E-state index is -3.09. The number of hydrogen-bond donors (Lipinski definition) is 2. The smallest absolute Gasteiger partial charge is 0.234 e. The Morgan fingerprint density at radius 1 is 1.18 bits per heavy atom. The Hall–Kier alpha value is -0.370. The summed E-state index contributed by atoms with van der Waals surface area (Å²) in [5.74, 6) is 1.00. The molecule has 2 N–H and O–H groups in total. The van der Waals surface area contributed by atoms with E-state index in [2.05, 4.69) is 10.6 Å². The third-order valence-corrected chi connectivity index (χ3v) is 6.17. The molecule has 0 atom stereocenters. The van der Waals surface area contributed by atoms with Gasteiger partial charge in [0.25, 0.3) is 0 Å². The van der Waals surface area contributed by atoms with Crippen LogP contribution in [0, 0.1) is 5.92 Å². The maximum Gasteiger partial charge on any atom is 0.234 e. The number of carbonyl (C=O) groups is 1. The van der Waals surface area contributed by atoms with Crippen molar-refractivity contribution < 1.29 is 13.2 Å². The lowest BCUT2D eigenvalue weighted by atomic mass is 10.1. The van der Waals surface area contributed by atoms with Crippen LogP contribution in [0.25, 0.3) is 0 Å². The average molecular weight is 354 g/mol. The fourth-order valence-corrected chi connectivity index (χ4v) is 4.20. The van der Waals surface area contributed by atoms with Crippen LogP contribution in [-0.4, -0.2) is 56.6 Å². The molecule has 130 valence electrons. The van der Waals surface area contributed by atoms with Gasteiger partial charge in [-0.05, 0) is 44.6 Å². The monoisotopic (exact) mass is 353 g/mol. The van der Waals surface area contributed by atoms with Crippen LogP contribution in [-0.2, 0) is 14.8 Å². The lowest BCUT2D eigenvalue weighted by Crippen LogP contribution is -2.48. The Kier molecular flexibility index (Phi) is 8.10. The first-order valence-corrected chi connectivity index (χ1v) is 9.60. The van der Waals surface area contributed by atoms with E-state index in [1.54, 1.807) is 4.31 Å². The number of nitrogens with one attached hydrogen (secondary N) is 2. The summed E-state index contributed by atoms with van der Waals surface area (Å²) in [6.07, 6.45) is 4.61. The van der Waals surface area contributed by atoms with E-state index in [0.29, 0.717) is 38.9 Å². The van der Waals surface area contributed by atoms with Crippen LogP contribution < -0.4 is 10.6 Å². The summed E-state index contributed by atoms with van der Waals surface area (Å²) >= 11 is 0. The zero-order valence-electron chi connectivity index (χ0n) is 13.2. The van der Waals surface area contributed by atoms with Crippen LogP contribution >= 0.6 is 12.4 Å². The lowest BCUT2D eigenvalue weighted by molar-refractivity contribution is -0.121. The second kappa shape index (κ2) is 9.05. The molecule has 0 radical (unpaired) electrons. The number of carbonyl (C=O) groups excluding carboxylic acids is 1. The molecule has 2 aliphatic rings. The Labute approximate surface area is 139 Å². The molecule has 1 aliphatic heterocycles. The molecule has 22 heavy (non-hydrogen) atoms. The van der Waals surface area contributed by atoms with Gasteiger partial charge in [-0.15, -0.1) is 12.4 Å². The van der Waals surface area contributed by atoms with Crippen molar-refractivity contribution >= 4 is 28.3 Å². The van der Waals surface area contributed by atoms with Crippen molar-refractivity contribution in [2.24, 2.45) is 5.92 Å². The summed E-state index contributed by atoms with van der Waals surface area (Å²) in [5.41, 5.74) is 0. The third kappa shape index (κ3) is 6.40. The van der Waals surface area contributed by atoms with Crippen molar-refractivity contribution in [2.45, 2.75) is 45.1 Å². The highest BCUT2D eigenvalue weighted by atomic mass is 35.5. The van der Waals surface area contributed by atoms with Gasteiger partial charge in [-0.3, -0.25) is 4.79 Å². The van der Waals surface area contributed by atoms with Crippen molar-refractivity contribution in [3.8, 4) is 0 Å². The number of amides is 1. The Balaban J connectivity index is 0.00000242. The highest BCUT2D eigenvalue weighted by Crippen LogP contribution is 2.27. The predicted octanol–water partition coefficient (Wildman–Crippen LogP) is 0.728. The second-order valence-corrected chi connectivity index (χ2v) is 8.22. The minimum Gasteiger partial charge on any atom is -0.352 e. The van der Waals surface area contributed by atoms with Crippen molar-refractivity contribution in [2.75, 3.05) is 31.9 Å². The standard InChI is InChI=1S/C14H27N3O3S.ClH/c1-2-9-21(19,20)17-7-5-13(6-8-17)16-14(18)11-15-10-12-3-4-12;/h12-13,15H,2-11H2,1H3,(H,16,18);1H. The molecule has 6 nitrogen and oxygen atoms in total. The van der Waals surface area contributed by atoms with Crippen LogP contribution in [0.5, 0.6) is 0 Å². The van der Waals surface area contributed by atoms with Crippen molar-refractivity contribution in [3.63, 3.8) is 0 Å². The number of nitrogens with zero attached hydrogens (tertiary/aromatic N) is 1. The second-order valence-electron chi connectivity index (χ2n) is 6.13. The molecule has 0 bridgehead atoms. The third-order valence-electron chi connectivity index (χ3n) is 4.09. The quantitative estimate of drug-likeness (QED) is 0.674. The molecule has 0 unspecified atom stereocenters. The van der Waals surface area contributed by atoms with Gasteiger partial charge in [0.05, 0.1) is 12.3 Å². The molecule has 1 amide bonds. The largest absolute Gasteiger partial charge is 0.352 e. The Morgan fingerprint density at radius 2 is 1.82 bits per heavy atom. The molecular formula is C14H28ClN3O3S. The van der Waals surface area contributed by atoms with E-state index in [9.17, 15) is 13.2 Å². The molecule has 0 aromatic rings. The summed E-state index contributed by atoms with van der Waals surface area (Å²) in [6.45, 7) is 4.21. The molecule has 0 aromatic heterocycles. The predicted molar refractivity (Wildman–Crippen MR) is 89.7 cm³/mol. The maximum absolute atomic E-state index is 12.0. The first-order chi connectivity index (χ1) is 10.0. The van der Waals surface area contributed by atoms with Gasteiger partial charge in [0.2, 0.25) is 15.9 Å². The molecule has 8 heteroatoms. The van der Waals surface area contributed by atoms with Crippen molar-refractivity contribution in [1.82, 2.24) is 14.9 Å². The molecule has 0 aromatic carbocycles. The highest BCUT2D eigenvalue weighted by molar-refractivity contribution is 7.89. The van der Waals surface area contributed by atoms with E-state index in [1.807, 2.05) is 6.92 Å². The van der Waals surface area contributed by atoms with E-state index < -0.39 is 10.0 Å². The Morgan fingerprint density at radius 3 is 2.36 bits per heavy atom. The van der Waals surface area contributed by atoms with Gasteiger partial charge in [-0.1, -0.05) is 6.92 Å². The normalized spacial score (nSPS) is 20.4. The van der Waals surface area contributed by atoms with Crippen LogP contribution in [0.15, 0.2) is 0 Å². The van der Waals surface area contributed by atoms with E-state index in [-0.39, 0.29) is 30.1 Å². The molecule has 1 heterocycles. The lowest BCUT2D eigenvalue weighted by Gasteiger charge is -2.31. The molecule has 1 aliphatic carbocycles. The number of sulfonamides is 1. The van der Waals surface area contributed by atoms with E-state index >= 15 is 0 Å². The summed E-state index contributed by atoms with van der Waals surface area (Å²) in [7, 11) is -3.09. The number of halogens is 1. The van der Waals surface area contributed by atoms with Crippen molar-refractivity contribution in [1.29, 1.82) is 0 Å². The van der Waals surface area contributed by atoms with E-state index in [0.717, 1.165) is 12.5 Å². The van der Waals surface area contributed by atoms with Gasteiger partial charge >= 0.3 is 0 Å². The van der Waals surface area contributed by atoms with Crippen LogP contribution in [0.1, 0.15) is 39.0 Å². The van der Waals surface area contributed by atoms with Gasteiger partial charge in [0, 0.05) is 19.1 Å². The fourth-order valence-electron chi connectivity index (χ4n) is 2.66. The summed E-state index contributed by atoms with van der Waals surface area (Å²) < 4.78 is 25.5. The topological polar surface area (TPSA) is 78.5 Å². The molecule has 2 rings (SSSR count). The molecular weight excluding hydrogens is 326 g/mol. The number of piperidine rings is 1. The summed E-state index contributed by atoms with van der Waals surface area (Å²) in [4.78, 5) is 11.8. The van der Waals surface area contributed by atoms with Gasteiger partial charge in [-0.2, -0.15) is 0 Å². The van der Waals surface area contributed by atoms with Crippen LogP contribution in [0.3, 0.4) is 0 Å². The molecule has 1 saturated carbocycles. The number of hydrogen-bond acceptors (Lipinski definition) is 4. The SMILES string of the molecule is CCCS(=O)(=O)N1CCC(NC(=O)CNCC2CC2)CC1.Cl. The molecule has 2 fully saturated rings. The van der Waals surface area contributed by atoms with Gasteiger partial charge in [0.15, 0.2) is 0 Å². The zero-order chi connectivity index (χ0) is 15.3. The molecule has 0 spiro atoms. The van der Waals surface area contributed by atoms with Gasteiger partial charge in [-0.25, -0.2) is 12.7 Å². The first kappa shape index (κ1) is 19.7. The maximum atomic E-state index is 12.0. The minimum absolute atomic E-state index is 0. The van der Waals surface area contributed by atoms with Crippen LogP contribution in [0.4, 0.5) is 0 Å². The van der Waals surface area contributed by atoms with E-state index in [4.69, 9.17) is 0 Å². The van der Waals surface area contributed by atoms with Gasteiger partial charge < -0.3 is 10.6 Å².